The Bertz CT molecular complexity index is 1190. The Balaban J connectivity index is 1.93. The Morgan fingerprint density at radius 2 is 1.93 bits per heavy atom. The van der Waals surface area contributed by atoms with Crippen molar-refractivity contribution in [2.75, 3.05) is 20.3 Å². The number of carbonyl (C=O) groups is 1. The van der Waals surface area contributed by atoms with E-state index in [-0.39, 0.29) is 35.6 Å². The fourth-order valence-corrected chi connectivity index (χ4v) is 3.90. The molecule has 0 fully saturated rings. The minimum atomic E-state index is -0.715. The summed E-state index contributed by atoms with van der Waals surface area (Å²) in [5.74, 6) is -0.424. The zero-order chi connectivity index (χ0) is 20.7. The van der Waals surface area contributed by atoms with Crippen LogP contribution in [0.4, 0.5) is 5.69 Å². The summed E-state index contributed by atoms with van der Waals surface area (Å²) in [5, 5.41) is 11.3. The summed E-state index contributed by atoms with van der Waals surface area (Å²) >= 11 is 3.35. The number of amides is 1. The number of benzene rings is 2. The van der Waals surface area contributed by atoms with Crippen molar-refractivity contribution in [3.63, 3.8) is 0 Å². The summed E-state index contributed by atoms with van der Waals surface area (Å²) in [7, 11) is 1.52. The predicted molar refractivity (Wildman–Crippen MR) is 108 cm³/mol. The van der Waals surface area contributed by atoms with E-state index in [0.717, 1.165) is 0 Å². The van der Waals surface area contributed by atoms with Gasteiger partial charge in [-0.3, -0.25) is 19.7 Å². The standard InChI is InChI=1S/C20H15BrN2O6/c1-28-9-8-22-17(11-2-5-13(6-3-11)23(26)27)16-18(24)14-10-12(21)4-7-15(14)29-19(16)20(22)25/h2-7,10,17H,8-9H2,1H3. The first-order valence-electron chi connectivity index (χ1n) is 8.73. The predicted octanol–water partition coefficient (Wildman–Crippen LogP) is 3.66. The molecule has 0 bridgehead atoms. The Morgan fingerprint density at radius 3 is 2.59 bits per heavy atom. The second kappa shape index (κ2) is 7.41. The minimum Gasteiger partial charge on any atom is -0.450 e. The fourth-order valence-electron chi connectivity index (χ4n) is 3.54. The zero-order valence-corrected chi connectivity index (χ0v) is 16.8. The van der Waals surface area contributed by atoms with Gasteiger partial charge in [0.25, 0.3) is 11.6 Å². The monoisotopic (exact) mass is 458 g/mol. The van der Waals surface area contributed by atoms with Gasteiger partial charge in [-0.05, 0) is 35.9 Å². The first-order chi connectivity index (χ1) is 13.9. The summed E-state index contributed by atoms with van der Waals surface area (Å²) < 4.78 is 11.6. The topological polar surface area (TPSA) is 103 Å². The van der Waals surface area contributed by atoms with Crippen LogP contribution in [0.2, 0.25) is 0 Å². The number of nitrogens with zero attached hydrogens (tertiary/aromatic N) is 2. The molecular formula is C20H15BrN2O6. The van der Waals surface area contributed by atoms with Gasteiger partial charge in [0.1, 0.15) is 5.58 Å². The summed E-state index contributed by atoms with van der Waals surface area (Å²) in [4.78, 5) is 38.3. The fraction of sp³-hybridized carbons (Fsp3) is 0.200. The third-order valence-corrected chi connectivity index (χ3v) is 5.38. The Kier molecular flexibility index (Phi) is 4.93. The van der Waals surface area contributed by atoms with Crippen LogP contribution in [0.3, 0.4) is 0 Å². The van der Waals surface area contributed by atoms with E-state index in [1.165, 1.54) is 24.1 Å². The van der Waals surface area contributed by atoms with Gasteiger partial charge < -0.3 is 14.1 Å². The summed E-state index contributed by atoms with van der Waals surface area (Å²) in [6.07, 6.45) is 0. The molecule has 8 nitrogen and oxygen atoms in total. The van der Waals surface area contributed by atoms with Crippen molar-refractivity contribution < 1.29 is 18.9 Å². The molecule has 0 spiro atoms. The maximum Gasteiger partial charge on any atom is 0.290 e. The van der Waals surface area contributed by atoms with Crippen molar-refractivity contribution in [1.29, 1.82) is 0 Å². The normalized spacial score (nSPS) is 15.7. The molecule has 1 atom stereocenters. The number of rotatable bonds is 5. The molecule has 0 aliphatic carbocycles. The molecule has 1 aromatic heterocycles. The number of non-ortho nitro benzene ring substituents is 1. The molecule has 0 N–H and O–H groups in total. The van der Waals surface area contributed by atoms with Gasteiger partial charge in [-0.1, -0.05) is 15.9 Å². The molecule has 4 rings (SSSR count). The van der Waals surface area contributed by atoms with Crippen LogP contribution in [-0.4, -0.2) is 36.0 Å². The highest BCUT2D eigenvalue weighted by molar-refractivity contribution is 9.10. The van der Waals surface area contributed by atoms with E-state index in [1.807, 2.05) is 0 Å². The first kappa shape index (κ1) is 19.3. The van der Waals surface area contributed by atoms with E-state index in [1.54, 1.807) is 30.3 Å². The van der Waals surface area contributed by atoms with Crippen LogP contribution in [-0.2, 0) is 4.74 Å². The number of fused-ring (bicyclic) bond motifs is 2. The average molecular weight is 459 g/mol. The molecule has 2 heterocycles. The van der Waals surface area contributed by atoms with Crippen molar-refractivity contribution >= 4 is 38.5 Å². The van der Waals surface area contributed by atoms with Crippen LogP contribution in [0, 0.1) is 10.1 Å². The number of hydrogen-bond donors (Lipinski definition) is 0. The van der Waals surface area contributed by atoms with E-state index in [4.69, 9.17) is 9.15 Å². The highest BCUT2D eigenvalue weighted by Crippen LogP contribution is 2.38. The van der Waals surface area contributed by atoms with Gasteiger partial charge in [0.15, 0.2) is 5.43 Å². The maximum absolute atomic E-state index is 13.3. The molecule has 0 saturated carbocycles. The van der Waals surface area contributed by atoms with Gasteiger partial charge in [-0.2, -0.15) is 0 Å². The molecule has 148 valence electrons. The van der Waals surface area contributed by atoms with Crippen LogP contribution in [0.15, 0.2) is 56.1 Å². The number of carbonyl (C=O) groups excluding carboxylic acids is 1. The lowest BCUT2D eigenvalue weighted by atomic mass is 9.98. The summed E-state index contributed by atoms with van der Waals surface area (Å²) in [5.41, 5.74) is 0.753. The van der Waals surface area contributed by atoms with Crippen molar-refractivity contribution in [1.82, 2.24) is 4.90 Å². The molecule has 1 aliphatic rings. The van der Waals surface area contributed by atoms with Gasteiger partial charge in [0, 0.05) is 30.3 Å². The number of ether oxygens (including phenoxy) is 1. The van der Waals surface area contributed by atoms with Crippen LogP contribution in [0.5, 0.6) is 0 Å². The molecule has 0 saturated heterocycles. The average Bonchev–Trinajstić information content (AvgIpc) is 2.99. The molecule has 2 aromatic carbocycles. The lowest BCUT2D eigenvalue weighted by Crippen LogP contribution is -2.32. The third-order valence-electron chi connectivity index (χ3n) is 4.88. The zero-order valence-electron chi connectivity index (χ0n) is 15.3. The van der Waals surface area contributed by atoms with Crippen molar-refractivity contribution in [3.8, 4) is 0 Å². The van der Waals surface area contributed by atoms with Crippen LogP contribution in [0.1, 0.15) is 27.7 Å². The highest BCUT2D eigenvalue weighted by atomic mass is 79.9. The molecule has 1 amide bonds. The molecular weight excluding hydrogens is 444 g/mol. The lowest BCUT2D eigenvalue weighted by molar-refractivity contribution is -0.384. The Hall–Kier alpha value is -3.04. The van der Waals surface area contributed by atoms with Crippen molar-refractivity contribution in [2.45, 2.75) is 6.04 Å². The Labute approximate surface area is 173 Å². The number of nitro benzene ring substituents is 1. The van der Waals surface area contributed by atoms with Gasteiger partial charge in [0.05, 0.1) is 28.5 Å². The smallest absolute Gasteiger partial charge is 0.290 e. The van der Waals surface area contributed by atoms with Gasteiger partial charge in [-0.15, -0.1) is 0 Å². The van der Waals surface area contributed by atoms with E-state index in [0.29, 0.717) is 21.0 Å². The molecule has 1 unspecified atom stereocenters. The van der Waals surface area contributed by atoms with E-state index >= 15 is 0 Å². The quantitative estimate of drug-likeness (QED) is 0.426. The number of methoxy groups -OCH3 is 1. The molecule has 3 aromatic rings. The van der Waals surface area contributed by atoms with E-state index < -0.39 is 16.9 Å². The lowest BCUT2D eigenvalue weighted by Gasteiger charge is -2.24. The molecule has 1 aliphatic heterocycles. The van der Waals surface area contributed by atoms with Crippen molar-refractivity contribution in [3.05, 3.63) is 84.2 Å². The maximum atomic E-state index is 13.3. The highest BCUT2D eigenvalue weighted by Gasteiger charge is 2.42. The van der Waals surface area contributed by atoms with Crippen LogP contribution >= 0.6 is 15.9 Å². The number of nitro groups is 1. The largest absolute Gasteiger partial charge is 0.450 e. The molecule has 9 heteroatoms. The van der Waals surface area contributed by atoms with Gasteiger partial charge in [-0.25, -0.2) is 0 Å². The minimum absolute atomic E-state index is 0.00993. The third kappa shape index (κ3) is 3.22. The second-order valence-corrected chi connectivity index (χ2v) is 7.47. The second-order valence-electron chi connectivity index (χ2n) is 6.56. The number of hydrogen-bond acceptors (Lipinski definition) is 6. The first-order valence-corrected chi connectivity index (χ1v) is 9.52. The van der Waals surface area contributed by atoms with Crippen LogP contribution in [0.25, 0.3) is 11.0 Å². The van der Waals surface area contributed by atoms with Crippen molar-refractivity contribution in [2.24, 2.45) is 0 Å². The Morgan fingerprint density at radius 1 is 1.21 bits per heavy atom. The summed E-state index contributed by atoms with van der Waals surface area (Å²) in [6, 6.07) is 10.1. The van der Waals surface area contributed by atoms with E-state index in [2.05, 4.69) is 15.9 Å². The number of halogens is 1. The van der Waals surface area contributed by atoms with Gasteiger partial charge >= 0.3 is 0 Å². The summed E-state index contributed by atoms with van der Waals surface area (Å²) in [6.45, 7) is 0.503. The van der Waals surface area contributed by atoms with E-state index in [9.17, 15) is 19.7 Å². The van der Waals surface area contributed by atoms with Crippen LogP contribution < -0.4 is 5.43 Å². The molecule has 0 radical (unpaired) electrons. The SMILES string of the molecule is COCCN1C(=O)c2oc3ccc(Br)cc3c(=O)c2C1c1ccc([N+](=O)[O-])cc1. The van der Waals surface area contributed by atoms with Gasteiger partial charge in [0.2, 0.25) is 5.76 Å². The molecule has 29 heavy (non-hydrogen) atoms.